The van der Waals surface area contributed by atoms with Gasteiger partial charge in [0, 0.05) is 60.6 Å². The number of anilines is 2. The SMILES string of the molecule is Cc1ncc(COc2cc(F)cc(Oc3ccc(-n4nc(C(C)C)c5ncnc(N)c54)cc3)c2)cn1.Cc1ncc(COc2cc(F)cc(Oc3ccc(-n4nc(C(C)C)c5ncnc(N)c54)cc3)c2)s1. The van der Waals surface area contributed by atoms with Crippen LogP contribution >= 0.6 is 11.3 Å². The fraction of sp³-hybridized carbons (Fsp3) is 0.196. The number of halogens is 2. The molecule has 0 aliphatic carbocycles. The maximum absolute atomic E-state index is 14.2. The number of aromatic nitrogens is 11. The van der Waals surface area contributed by atoms with Crippen LogP contribution in [0.4, 0.5) is 20.4 Å². The lowest BCUT2D eigenvalue weighted by Gasteiger charge is -2.11. The number of ether oxygens (including phenoxy) is 4. The fourth-order valence-corrected chi connectivity index (χ4v) is 8.08. The first-order valence-electron chi connectivity index (χ1n) is 22.3. The maximum atomic E-state index is 14.2. The monoisotopic (exact) mass is 975 g/mol. The first kappa shape index (κ1) is 47.4. The smallest absolute Gasteiger partial charge is 0.153 e. The number of thiazole rings is 1. The molecule has 17 nitrogen and oxygen atoms in total. The molecule has 0 saturated heterocycles. The Hall–Kier alpha value is -8.65. The second-order valence-corrected chi connectivity index (χ2v) is 18.1. The largest absolute Gasteiger partial charge is 0.489 e. The number of nitrogens with zero attached hydrogens (tertiary/aromatic N) is 11. The zero-order valence-corrected chi connectivity index (χ0v) is 40.2. The summed E-state index contributed by atoms with van der Waals surface area (Å²) in [5.41, 5.74) is 19.1. The Bertz CT molecular complexity index is 3470. The van der Waals surface area contributed by atoms with Gasteiger partial charge in [0.25, 0.3) is 0 Å². The van der Waals surface area contributed by atoms with Crippen molar-refractivity contribution in [2.24, 2.45) is 0 Å². The second kappa shape index (κ2) is 20.5. The van der Waals surface area contributed by atoms with Gasteiger partial charge < -0.3 is 30.4 Å². The Morgan fingerprint density at radius 2 is 0.986 bits per heavy atom. The van der Waals surface area contributed by atoms with Crippen LogP contribution in [0.5, 0.6) is 34.5 Å². The zero-order valence-electron chi connectivity index (χ0n) is 39.4. The van der Waals surface area contributed by atoms with E-state index in [4.69, 9.17) is 40.6 Å². The van der Waals surface area contributed by atoms with E-state index in [1.54, 1.807) is 71.3 Å². The molecule has 10 aromatic rings. The number of hydrogen-bond acceptors (Lipinski definition) is 16. The quantitative estimate of drug-likeness (QED) is 0.104. The molecule has 0 saturated carbocycles. The Morgan fingerprint density at radius 3 is 1.42 bits per heavy atom. The topological polar surface area (TPSA) is 215 Å². The third-order valence-electron chi connectivity index (χ3n) is 10.7. The molecule has 10 rings (SSSR count). The number of nitrogen functional groups attached to an aromatic ring is 2. The van der Waals surface area contributed by atoms with Gasteiger partial charge in [-0.05, 0) is 74.2 Å². The lowest BCUT2D eigenvalue weighted by molar-refractivity contribution is 0.301. The highest BCUT2D eigenvalue weighted by molar-refractivity contribution is 7.11. The van der Waals surface area contributed by atoms with E-state index in [1.807, 2.05) is 45.0 Å². The minimum atomic E-state index is -0.473. The van der Waals surface area contributed by atoms with Gasteiger partial charge in [-0.3, -0.25) is 0 Å². The summed E-state index contributed by atoms with van der Waals surface area (Å²) in [6.45, 7) is 12.5. The van der Waals surface area contributed by atoms with E-state index in [0.717, 1.165) is 49.2 Å². The van der Waals surface area contributed by atoms with Crippen LogP contribution in [0.15, 0.2) is 116 Å². The summed E-state index contributed by atoms with van der Waals surface area (Å²) in [6.07, 6.45) is 7.99. The highest BCUT2D eigenvalue weighted by Gasteiger charge is 2.20. The first-order valence-corrected chi connectivity index (χ1v) is 23.2. The summed E-state index contributed by atoms with van der Waals surface area (Å²) in [7, 11) is 0. The van der Waals surface area contributed by atoms with Crippen LogP contribution in [0.2, 0.25) is 0 Å². The van der Waals surface area contributed by atoms with Crippen molar-refractivity contribution in [2.45, 2.75) is 66.6 Å². The van der Waals surface area contributed by atoms with E-state index >= 15 is 0 Å². The van der Waals surface area contributed by atoms with Gasteiger partial charge in [-0.1, -0.05) is 27.7 Å². The van der Waals surface area contributed by atoms with Gasteiger partial charge in [-0.15, -0.1) is 11.3 Å². The molecule has 6 heterocycles. The Labute approximate surface area is 410 Å². The summed E-state index contributed by atoms with van der Waals surface area (Å²) in [5, 5.41) is 10.4. The van der Waals surface area contributed by atoms with Gasteiger partial charge in [0.15, 0.2) is 11.6 Å². The van der Waals surface area contributed by atoms with Crippen LogP contribution in [-0.2, 0) is 13.2 Å². The minimum Gasteiger partial charge on any atom is -0.489 e. The van der Waals surface area contributed by atoms with Crippen LogP contribution in [0.25, 0.3) is 33.4 Å². The Kier molecular flexibility index (Phi) is 13.7. The lowest BCUT2D eigenvalue weighted by Crippen LogP contribution is -2.01. The summed E-state index contributed by atoms with van der Waals surface area (Å²) in [6, 6.07) is 23.0. The Balaban J connectivity index is 0.000000176. The predicted octanol–water partition coefficient (Wildman–Crippen LogP) is 10.9. The molecular weight excluding hydrogens is 929 g/mol. The molecule has 0 unspecified atom stereocenters. The van der Waals surface area contributed by atoms with Crippen LogP contribution in [-0.4, -0.2) is 54.4 Å². The molecule has 0 atom stereocenters. The number of hydrogen-bond donors (Lipinski definition) is 2. The summed E-state index contributed by atoms with van der Waals surface area (Å²) in [5.74, 6) is 3.19. The maximum Gasteiger partial charge on any atom is 0.153 e. The van der Waals surface area contributed by atoms with Crippen molar-refractivity contribution < 1.29 is 27.7 Å². The Morgan fingerprint density at radius 1 is 0.535 bits per heavy atom. The first-order chi connectivity index (χ1) is 34.2. The molecule has 0 aliphatic heterocycles. The predicted molar refractivity (Wildman–Crippen MR) is 266 cm³/mol. The average molecular weight is 976 g/mol. The van der Waals surface area contributed by atoms with Gasteiger partial charge in [-0.25, -0.2) is 53.0 Å². The van der Waals surface area contributed by atoms with E-state index in [1.165, 1.54) is 48.3 Å². The van der Waals surface area contributed by atoms with E-state index in [0.29, 0.717) is 69.6 Å². The average Bonchev–Trinajstić information content (AvgIpc) is 4.08. The van der Waals surface area contributed by atoms with Crippen molar-refractivity contribution in [3.05, 3.63) is 160 Å². The summed E-state index contributed by atoms with van der Waals surface area (Å²) < 4.78 is 55.1. The molecule has 0 fully saturated rings. The van der Waals surface area contributed by atoms with Crippen LogP contribution in [0.3, 0.4) is 0 Å². The molecule has 0 aliphatic rings. The van der Waals surface area contributed by atoms with Crippen molar-refractivity contribution in [3.63, 3.8) is 0 Å². The minimum absolute atomic E-state index is 0.161. The van der Waals surface area contributed by atoms with Crippen molar-refractivity contribution in [2.75, 3.05) is 11.5 Å². The molecule has 360 valence electrons. The van der Waals surface area contributed by atoms with E-state index in [9.17, 15) is 8.78 Å². The standard InChI is InChI=1S/C26H24FN7O2.C25H23FN6O2S/c1-15(2)23-24-25(26(28)32-14-31-24)34(33-23)19-4-6-20(7-5-19)36-22-9-18(27)8-21(10-22)35-13-17-11-29-16(3)30-12-17;1-14(2)22-23-24(25(27)30-13-29-23)32(31-22)17-4-6-18(7-5-17)34-20-9-16(26)8-19(10-20)33-12-21-11-28-15(3)35-21/h4-12,14-15H,13H2,1-3H3,(H2,28,31,32);4-11,13-14H,12H2,1-3H3,(H2,27,29,30). The third kappa shape index (κ3) is 11.0. The second-order valence-electron chi connectivity index (χ2n) is 16.8. The molecule has 0 radical (unpaired) electrons. The van der Waals surface area contributed by atoms with Gasteiger partial charge in [-0.2, -0.15) is 10.2 Å². The molecule has 4 aromatic carbocycles. The van der Waals surface area contributed by atoms with Gasteiger partial charge in [0.2, 0.25) is 0 Å². The fourth-order valence-electron chi connectivity index (χ4n) is 7.37. The lowest BCUT2D eigenvalue weighted by atomic mass is 10.1. The highest BCUT2D eigenvalue weighted by atomic mass is 32.1. The molecule has 0 spiro atoms. The van der Waals surface area contributed by atoms with Crippen LogP contribution in [0, 0.1) is 25.5 Å². The highest BCUT2D eigenvalue weighted by Crippen LogP contribution is 2.33. The van der Waals surface area contributed by atoms with Crippen LogP contribution in [0.1, 0.15) is 72.2 Å². The van der Waals surface area contributed by atoms with Crippen molar-refractivity contribution in [1.82, 2.24) is 54.4 Å². The number of nitrogens with two attached hydrogens (primary N) is 2. The number of fused-ring (bicyclic) bond motifs is 2. The number of aryl methyl sites for hydroxylation is 2. The molecule has 20 heteroatoms. The van der Waals surface area contributed by atoms with Gasteiger partial charge in [0.1, 0.15) is 99.9 Å². The zero-order chi connectivity index (χ0) is 49.8. The number of rotatable bonds is 14. The van der Waals surface area contributed by atoms with E-state index < -0.39 is 11.6 Å². The summed E-state index contributed by atoms with van der Waals surface area (Å²) in [4.78, 5) is 30.4. The van der Waals surface area contributed by atoms with Gasteiger partial charge >= 0.3 is 0 Å². The van der Waals surface area contributed by atoms with E-state index in [2.05, 4.69) is 48.7 Å². The molecule has 4 N–H and O–H groups in total. The molecule has 0 amide bonds. The van der Waals surface area contributed by atoms with E-state index in [-0.39, 0.29) is 18.4 Å². The third-order valence-corrected chi connectivity index (χ3v) is 11.6. The van der Waals surface area contributed by atoms with Crippen molar-refractivity contribution in [3.8, 4) is 45.9 Å². The normalized spacial score (nSPS) is 11.3. The van der Waals surface area contributed by atoms with Gasteiger partial charge in [0.05, 0.1) is 32.6 Å². The molecule has 6 aromatic heterocycles. The summed E-state index contributed by atoms with van der Waals surface area (Å²) >= 11 is 1.54. The number of benzene rings is 4. The van der Waals surface area contributed by atoms with Crippen LogP contribution < -0.4 is 30.4 Å². The molecule has 71 heavy (non-hydrogen) atoms. The molecular formula is C51H47F2N13O4S. The molecule has 0 bridgehead atoms. The van der Waals surface area contributed by atoms with Crippen molar-refractivity contribution >= 4 is 45.0 Å². The van der Waals surface area contributed by atoms with Crippen molar-refractivity contribution in [1.29, 1.82) is 0 Å².